The first-order valence-corrected chi connectivity index (χ1v) is 14.3. The molecule has 1 N–H and O–H groups in total. The first kappa shape index (κ1) is 27.8. The van der Waals surface area contributed by atoms with Gasteiger partial charge in [-0.15, -0.1) is 0 Å². The maximum atomic E-state index is 13.7. The average molecular weight is 541 g/mol. The Morgan fingerprint density at radius 1 is 1.14 bits per heavy atom. The number of amides is 1. The van der Waals surface area contributed by atoms with E-state index in [2.05, 4.69) is 9.88 Å². The fraction of sp³-hybridized carbons (Fsp3) is 0.692. The number of sulfonamides is 1. The van der Waals surface area contributed by atoms with Crippen molar-refractivity contribution in [2.45, 2.75) is 102 Å². The highest BCUT2D eigenvalue weighted by molar-refractivity contribution is 7.89. The van der Waals surface area contributed by atoms with E-state index in [4.69, 9.17) is 9.72 Å². The monoisotopic (exact) mass is 540 g/mol. The topological polar surface area (TPSA) is 93.5 Å². The zero-order valence-electron chi connectivity index (χ0n) is 22.5. The van der Waals surface area contributed by atoms with Crippen molar-refractivity contribution < 1.29 is 26.7 Å². The van der Waals surface area contributed by atoms with Crippen LogP contribution in [0.3, 0.4) is 0 Å². The van der Waals surface area contributed by atoms with E-state index in [1.807, 2.05) is 20.8 Å². The molecule has 1 aromatic carbocycles. The highest BCUT2D eigenvalue weighted by atomic mass is 32.2. The Bertz CT molecular complexity index is 1260. The van der Waals surface area contributed by atoms with Crippen molar-refractivity contribution in [3.63, 3.8) is 0 Å². The molecule has 0 radical (unpaired) electrons. The van der Waals surface area contributed by atoms with Crippen LogP contribution in [-0.4, -0.2) is 59.0 Å². The van der Waals surface area contributed by atoms with Gasteiger partial charge in [-0.1, -0.05) is 20.8 Å². The molecule has 0 atom stereocenters. The molecule has 8 nitrogen and oxygen atoms in total. The first-order valence-electron chi connectivity index (χ1n) is 12.8. The van der Waals surface area contributed by atoms with Crippen LogP contribution in [0.1, 0.15) is 73.1 Å². The van der Waals surface area contributed by atoms with Gasteiger partial charge < -0.3 is 14.6 Å². The number of nitrogens with zero attached hydrogens (tertiary/aromatic N) is 3. The normalized spacial score (nSPS) is 20.1. The Kier molecular flexibility index (Phi) is 7.11. The first-order chi connectivity index (χ1) is 16.9. The summed E-state index contributed by atoms with van der Waals surface area (Å²) in [6, 6.07) is 4.60. The number of halogens is 2. The Labute approximate surface area is 217 Å². The molecule has 1 aliphatic carbocycles. The lowest BCUT2D eigenvalue weighted by Crippen LogP contribution is -2.61. The third-order valence-corrected chi connectivity index (χ3v) is 8.70. The molecule has 1 saturated carbocycles. The summed E-state index contributed by atoms with van der Waals surface area (Å²) in [5.74, 6) is -1.65. The van der Waals surface area contributed by atoms with Crippen molar-refractivity contribution in [3.8, 4) is 0 Å². The van der Waals surface area contributed by atoms with Gasteiger partial charge in [0.15, 0.2) is 0 Å². The molecule has 2 heterocycles. The Balaban J connectivity index is 1.52. The molecule has 1 amide bonds. The van der Waals surface area contributed by atoms with Gasteiger partial charge >= 0.3 is 6.09 Å². The van der Waals surface area contributed by atoms with Crippen molar-refractivity contribution in [2.75, 3.05) is 13.1 Å². The molecule has 0 bridgehead atoms. The third-order valence-electron chi connectivity index (χ3n) is 6.87. The van der Waals surface area contributed by atoms with Crippen molar-refractivity contribution in [1.82, 2.24) is 19.2 Å². The fourth-order valence-corrected chi connectivity index (χ4v) is 6.47. The predicted octanol–water partition coefficient (Wildman–Crippen LogP) is 5.06. The zero-order valence-corrected chi connectivity index (χ0v) is 23.3. The van der Waals surface area contributed by atoms with Crippen LogP contribution < -0.4 is 5.32 Å². The van der Waals surface area contributed by atoms with Crippen LogP contribution in [0.2, 0.25) is 0 Å². The van der Waals surface area contributed by atoms with Gasteiger partial charge in [0.1, 0.15) is 11.4 Å². The van der Waals surface area contributed by atoms with Crippen molar-refractivity contribution in [2.24, 2.45) is 5.92 Å². The Hall–Kier alpha value is -2.27. The minimum absolute atomic E-state index is 0.100. The van der Waals surface area contributed by atoms with Crippen LogP contribution in [0.4, 0.5) is 13.6 Å². The summed E-state index contributed by atoms with van der Waals surface area (Å²) < 4.78 is 62.5. The van der Waals surface area contributed by atoms with Crippen LogP contribution >= 0.6 is 0 Å². The van der Waals surface area contributed by atoms with E-state index in [0.717, 1.165) is 11.3 Å². The molecule has 2 aliphatic rings. The van der Waals surface area contributed by atoms with Gasteiger partial charge in [-0.2, -0.15) is 4.31 Å². The van der Waals surface area contributed by atoms with Crippen LogP contribution in [0, 0.1) is 5.92 Å². The number of rotatable bonds is 5. The molecule has 206 valence electrons. The van der Waals surface area contributed by atoms with Gasteiger partial charge in [0, 0.05) is 37.9 Å². The van der Waals surface area contributed by atoms with Gasteiger partial charge in [-0.05, 0) is 57.7 Å². The average Bonchev–Trinajstić information content (AvgIpc) is 3.08. The number of alkyl carbamates (subject to hydrolysis) is 1. The van der Waals surface area contributed by atoms with E-state index in [1.54, 1.807) is 39.0 Å². The molecule has 0 spiro atoms. The number of imidazole rings is 1. The minimum atomic E-state index is -3.77. The molecule has 4 rings (SSSR count). The van der Waals surface area contributed by atoms with Crippen molar-refractivity contribution >= 4 is 27.1 Å². The van der Waals surface area contributed by atoms with Crippen molar-refractivity contribution in [3.05, 3.63) is 24.0 Å². The highest BCUT2D eigenvalue weighted by Gasteiger charge is 2.39. The van der Waals surface area contributed by atoms with Crippen LogP contribution in [0.15, 0.2) is 23.1 Å². The second-order valence-corrected chi connectivity index (χ2v) is 14.3. The van der Waals surface area contributed by atoms with E-state index in [-0.39, 0.29) is 48.2 Å². The van der Waals surface area contributed by atoms with Gasteiger partial charge in [0.05, 0.1) is 22.0 Å². The second kappa shape index (κ2) is 9.48. The van der Waals surface area contributed by atoms with Gasteiger partial charge in [0.25, 0.3) is 0 Å². The molecule has 2 aromatic rings. The minimum Gasteiger partial charge on any atom is -0.444 e. The van der Waals surface area contributed by atoms with E-state index in [1.165, 1.54) is 4.31 Å². The summed E-state index contributed by atoms with van der Waals surface area (Å²) in [5, 5.41) is 2.70. The number of alkyl halides is 2. The lowest BCUT2D eigenvalue weighted by Gasteiger charge is -2.38. The van der Waals surface area contributed by atoms with Gasteiger partial charge in [0.2, 0.25) is 15.9 Å². The maximum absolute atomic E-state index is 13.7. The molecular weight excluding hydrogens is 502 g/mol. The molecule has 2 fully saturated rings. The summed E-state index contributed by atoms with van der Waals surface area (Å²) in [4.78, 5) is 16.9. The van der Waals surface area contributed by atoms with E-state index >= 15 is 0 Å². The molecule has 1 saturated heterocycles. The molecule has 11 heteroatoms. The predicted molar refractivity (Wildman–Crippen MR) is 137 cm³/mol. The quantitative estimate of drug-likeness (QED) is 0.573. The van der Waals surface area contributed by atoms with Gasteiger partial charge in [-0.25, -0.2) is 27.0 Å². The SMILES string of the molecule is CC(C)(C)OC(=O)NC1CN(S(=O)(=O)c2ccc3c(c2)nc(C(C)(C)C)n3CC2CCC(F)(F)CC2)C1. The molecular formula is C26H38F2N4O4S. The summed E-state index contributed by atoms with van der Waals surface area (Å²) in [5.41, 5.74) is 0.423. The number of benzene rings is 1. The lowest BCUT2D eigenvalue weighted by molar-refractivity contribution is -0.0473. The molecule has 1 aromatic heterocycles. The second-order valence-electron chi connectivity index (χ2n) is 12.4. The summed E-state index contributed by atoms with van der Waals surface area (Å²) in [6.07, 6.45) is 0.138. The fourth-order valence-electron chi connectivity index (χ4n) is 4.92. The highest BCUT2D eigenvalue weighted by Crippen LogP contribution is 2.38. The number of carbonyl (C=O) groups excluding carboxylic acids is 1. The number of hydrogen-bond donors (Lipinski definition) is 1. The van der Waals surface area contributed by atoms with E-state index in [9.17, 15) is 22.0 Å². The Morgan fingerprint density at radius 3 is 2.32 bits per heavy atom. The number of nitrogens with one attached hydrogen (secondary N) is 1. The maximum Gasteiger partial charge on any atom is 0.407 e. The number of carbonyl (C=O) groups is 1. The van der Waals surface area contributed by atoms with Crippen LogP contribution in [0.25, 0.3) is 11.0 Å². The summed E-state index contributed by atoms with van der Waals surface area (Å²) in [6.45, 7) is 12.3. The zero-order chi connectivity index (χ0) is 27.4. The third kappa shape index (κ3) is 6.25. The van der Waals surface area contributed by atoms with Crippen LogP contribution in [-0.2, 0) is 26.7 Å². The van der Waals surface area contributed by atoms with Gasteiger partial charge in [-0.3, -0.25) is 0 Å². The number of hydrogen-bond acceptors (Lipinski definition) is 5. The smallest absolute Gasteiger partial charge is 0.407 e. The largest absolute Gasteiger partial charge is 0.444 e. The van der Waals surface area contributed by atoms with Crippen LogP contribution in [0.5, 0.6) is 0 Å². The Morgan fingerprint density at radius 2 is 1.76 bits per heavy atom. The number of fused-ring (bicyclic) bond motifs is 1. The van der Waals surface area contributed by atoms with E-state index in [0.29, 0.717) is 24.9 Å². The van der Waals surface area contributed by atoms with E-state index < -0.39 is 27.6 Å². The summed E-state index contributed by atoms with van der Waals surface area (Å²) >= 11 is 0. The number of aromatic nitrogens is 2. The number of ether oxygens (including phenoxy) is 1. The summed E-state index contributed by atoms with van der Waals surface area (Å²) in [7, 11) is -3.77. The molecule has 0 unspecified atom stereocenters. The lowest BCUT2D eigenvalue weighted by atomic mass is 9.86. The molecule has 37 heavy (non-hydrogen) atoms. The molecule has 1 aliphatic heterocycles. The van der Waals surface area contributed by atoms with Crippen molar-refractivity contribution in [1.29, 1.82) is 0 Å². The standard InChI is InChI=1S/C26H38F2N4O4S/c1-24(2,3)22-30-20-13-19(7-8-21(20)32(22)14-17-9-11-26(27,28)12-10-17)37(34,35)31-15-18(16-31)29-23(33)36-25(4,5)6/h7-8,13,17-18H,9-12,14-16H2,1-6H3,(H,29,33).